The summed E-state index contributed by atoms with van der Waals surface area (Å²) >= 11 is 0. The van der Waals surface area contributed by atoms with Crippen LogP contribution in [0.25, 0.3) is 0 Å². The summed E-state index contributed by atoms with van der Waals surface area (Å²) in [6.07, 6.45) is 6.58. The van der Waals surface area contributed by atoms with Crippen LogP contribution in [0.3, 0.4) is 0 Å². The second kappa shape index (κ2) is 5.72. The molecule has 2 N–H and O–H groups in total. The Morgan fingerprint density at radius 1 is 1.29 bits per heavy atom. The third-order valence-corrected chi connectivity index (χ3v) is 3.45. The lowest BCUT2D eigenvalue weighted by Gasteiger charge is -2.39. The van der Waals surface area contributed by atoms with Crippen molar-refractivity contribution < 1.29 is 0 Å². The van der Waals surface area contributed by atoms with Crippen molar-refractivity contribution in [1.29, 1.82) is 0 Å². The maximum absolute atomic E-state index is 5.76. The topological polar surface area (TPSA) is 29.3 Å². The molecule has 1 saturated heterocycles. The molecule has 0 spiro atoms. The van der Waals surface area contributed by atoms with Gasteiger partial charge in [-0.1, -0.05) is 6.42 Å². The molecule has 14 heavy (non-hydrogen) atoms. The number of hydrogen-bond donors (Lipinski definition) is 1. The molecule has 0 aromatic heterocycles. The molecule has 0 amide bonds. The van der Waals surface area contributed by atoms with E-state index in [-0.39, 0.29) is 0 Å². The van der Waals surface area contributed by atoms with Crippen LogP contribution in [0.4, 0.5) is 0 Å². The van der Waals surface area contributed by atoms with Gasteiger partial charge in [0, 0.05) is 18.1 Å². The average Bonchev–Trinajstić information content (AvgIpc) is 2.09. The highest BCUT2D eigenvalue weighted by Gasteiger charge is 2.23. The van der Waals surface area contributed by atoms with E-state index in [9.17, 15) is 0 Å². The molecule has 0 bridgehead atoms. The number of likely N-dealkylation sites (tertiary alicyclic amines) is 1. The molecule has 0 aliphatic carbocycles. The molecule has 1 aliphatic rings. The highest BCUT2D eigenvalue weighted by Crippen LogP contribution is 2.22. The summed E-state index contributed by atoms with van der Waals surface area (Å²) in [6, 6.07) is 1.93. The first-order chi connectivity index (χ1) is 6.61. The van der Waals surface area contributed by atoms with E-state index >= 15 is 0 Å². The second-order valence-corrected chi connectivity index (χ2v) is 4.99. The molecule has 1 aliphatic heterocycles. The Morgan fingerprint density at radius 3 is 2.36 bits per heavy atom. The van der Waals surface area contributed by atoms with Gasteiger partial charge in [-0.15, -0.1) is 0 Å². The molecule has 1 unspecified atom stereocenters. The fourth-order valence-corrected chi connectivity index (χ4v) is 2.51. The summed E-state index contributed by atoms with van der Waals surface area (Å²) in [4.78, 5) is 2.66. The smallest absolute Gasteiger partial charge is 0.00697 e. The first kappa shape index (κ1) is 12.0. The van der Waals surface area contributed by atoms with Gasteiger partial charge in [0.1, 0.15) is 0 Å². The first-order valence-corrected chi connectivity index (χ1v) is 6.12. The first-order valence-electron chi connectivity index (χ1n) is 6.12. The predicted octanol–water partition coefficient (Wildman–Crippen LogP) is 2.38. The van der Waals surface area contributed by atoms with Gasteiger partial charge >= 0.3 is 0 Å². The zero-order chi connectivity index (χ0) is 10.6. The van der Waals surface area contributed by atoms with Gasteiger partial charge < -0.3 is 5.73 Å². The number of nitrogens with two attached hydrogens (primary N) is 1. The van der Waals surface area contributed by atoms with Crippen molar-refractivity contribution in [3.05, 3.63) is 0 Å². The van der Waals surface area contributed by atoms with E-state index in [2.05, 4.69) is 25.7 Å². The predicted molar refractivity (Wildman–Crippen MR) is 62.4 cm³/mol. The molecule has 1 heterocycles. The van der Waals surface area contributed by atoms with Crippen LogP contribution in [-0.4, -0.2) is 29.6 Å². The average molecular weight is 198 g/mol. The Balaban J connectivity index is 2.26. The minimum absolute atomic E-state index is 0.366. The Labute approximate surface area is 88.8 Å². The molecule has 84 valence electrons. The highest BCUT2D eigenvalue weighted by atomic mass is 15.2. The lowest BCUT2D eigenvalue weighted by atomic mass is 9.97. The maximum atomic E-state index is 5.76. The zero-order valence-corrected chi connectivity index (χ0v) is 10.00. The van der Waals surface area contributed by atoms with E-state index < -0.39 is 0 Å². The van der Waals surface area contributed by atoms with Gasteiger partial charge in [-0.05, 0) is 53.0 Å². The minimum Gasteiger partial charge on any atom is -0.328 e. The largest absolute Gasteiger partial charge is 0.328 e. The van der Waals surface area contributed by atoms with Gasteiger partial charge in [0.05, 0.1) is 0 Å². The monoisotopic (exact) mass is 198 g/mol. The van der Waals surface area contributed by atoms with E-state index in [0.717, 1.165) is 18.5 Å². The van der Waals surface area contributed by atoms with Crippen LogP contribution in [0.2, 0.25) is 0 Å². The molecule has 3 atom stereocenters. The van der Waals surface area contributed by atoms with Crippen molar-refractivity contribution in [3.63, 3.8) is 0 Å². The molecule has 1 fully saturated rings. The normalized spacial score (nSPS) is 31.7. The minimum atomic E-state index is 0.366. The van der Waals surface area contributed by atoms with Crippen molar-refractivity contribution in [2.24, 2.45) is 5.73 Å². The van der Waals surface area contributed by atoms with Gasteiger partial charge in [-0.2, -0.15) is 0 Å². The van der Waals surface area contributed by atoms with Crippen molar-refractivity contribution in [3.8, 4) is 0 Å². The molecule has 2 nitrogen and oxygen atoms in total. The van der Waals surface area contributed by atoms with Crippen LogP contribution in [-0.2, 0) is 0 Å². The fraction of sp³-hybridized carbons (Fsp3) is 1.00. The summed E-state index contributed by atoms with van der Waals surface area (Å²) < 4.78 is 0. The van der Waals surface area contributed by atoms with Crippen LogP contribution in [0.15, 0.2) is 0 Å². The van der Waals surface area contributed by atoms with Gasteiger partial charge in [-0.25, -0.2) is 0 Å². The van der Waals surface area contributed by atoms with Crippen LogP contribution >= 0.6 is 0 Å². The molecule has 0 saturated carbocycles. The molecule has 2 heteroatoms. The Morgan fingerprint density at radius 2 is 1.86 bits per heavy atom. The quantitative estimate of drug-likeness (QED) is 0.751. The SMILES string of the molecule is CC(N)CCCN1[C@H](C)CCC[C@@H]1C. The summed E-state index contributed by atoms with van der Waals surface area (Å²) in [5, 5.41) is 0. The summed E-state index contributed by atoms with van der Waals surface area (Å²) in [7, 11) is 0. The van der Waals surface area contributed by atoms with E-state index in [1.165, 1.54) is 32.2 Å². The van der Waals surface area contributed by atoms with Crippen LogP contribution < -0.4 is 5.73 Å². The van der Waals surface area contributed by atoms with Crippen molar-refractivity contribution in [1.82, 2.24) is 4.90 Å². The van der Waals surface area contributed by atoms with Crippen LogP contribution in [0.5, 0.6) is 0 Å². The van der Waals surface area contributed by atoms with Crippen molar-refractivity contribution >= 4 is 0 Å². The van der Waals surface area contributed by atoms with Gasteiger partial charge in [-0.3, -0.25) is 4.90 Å². The van der Waals surface area contributed by atoms with E-state index in [1.54, 1.807) is 0 Å². The number of rotatable bonds is 4. The van der Waals surface area contributed by atoms with Gasteiger partial charge in [0.25, 0.3) is 0 Å². The van der Waals surface area contributed by atoms with Crippen molar-refractivity contribution in [2.45, 2.75) is 71.0 Å². The van der Waals surface area contributed by atoms with E-state index in [1.807, 2.05) is 0 Å². The third kappa shape index (κ3) is 3.58. The number of piperidine rings is 1. The van der Waals surface area contributed by atoms with Gasteiger partial charge in [0.2, 0.25) is 0 Å². The summed E-state index contributed by atoms with van der Waals surface area (Å²) in [5.74, 6) is 0. The van der Waals surface area contributed by atoms with Crippen molar-refractivity contribution in [2.75, 3.05) is 6.54 Å². The molecular weight excluding hydrogens is 172 g/mol. The van der Waals surface area contributed by atoms with E-state index in [4.69, 9.17) is 5.73 Å². The summed E-state index contributed by atoms with van der Waals surface area (Å²) in [5.41, 5.74) is 5.76. The molecule has 0 aromatic rings. The molecule has 1 rings (SSSR count). The summed E-state index contributed by atoms with van der Waals surface area (Å²) in [6.45, 7) is 8.07. The Bertz CT molecular complexity index is 146. The molecule has 0 aromatic carbocycles. The second-order valence-electron chi connectivity index (χ2n) is 4.99. The zero-order valence-electron chi connectivity index (χ0n) is 10.00. The Hall–Kier alpha value is -0.0800. The standard InChI is InChI=1S/C12H26N2/c1-10(13)6-5-9-14-11(2)7-4-8-12(14)3/h10-12H,4-9,13H2,1-3H3/t10?,11-,12+. The third-order valence-electron chi connectivity index (χ3n) is 3.45. The van der Waals surface area contributed by atoms with E-state index in [0.29, 0.717) is 6.04 Å². The lowest BCUT2D eigenvalue weighted by molar-refractivity contribution is 0.101. The molecule has 0 radical (unpaired) electrons. The van der Waals surface area contributed by atoms with Crippen LogP contribution in [0.1, 0.15) is 52.9 Å². The fourth-order valence-electron chi connectivity index (χ4n) is 2.51. The number of hydrogen-bond acceptors (Lipinski definition) is 2. The maximum Gasteiger partial charge on any atom is 0.00697 e. The number of nitrogens with zero attached hydrogens (tertiary/aromatic N) is 1. The molecular formula is C12H26N2. The lowest BCUT2D eigenvalue weighted by Crippen LogP contribution is -2.44. The van der Waals surface area contributed by atoms with Crippen LogP contribution in [0, 0.1) is 0 Å². The van der Waals surface area contributed by atoms with Gasteiger partial charge in [0.15, 0.2) is 0 Å². The highest BCUT2D eigenvalue weighted by molar-refractivity contribution is 4.79. The Kier molecular flexibility index (Phi) is 4.90.